The minimum absolute atomic E-state index is 0.0557. The van der Waals surface area contributed by atoms with Crippen LogP contribution in [0.2, 0.25) is 5.02 Å². The molecule has 0 aliphatic heterocycles. The molecule has 22 heavy (non-hydrogen) atoms. The van der Waals surface area contributed by atoms with Crippen LogP contribution in [-0.4, -0.2) is 32.6 Å². The van der Waals surface area contributed by atoms with Crippen molar-refractivity contribution in [3.05, 3.63) is 35.2 Å². The van der Waals surface area contributed by atoms with E-state index in [1.165, 1.54) is 0 Å². The van der Waals surface area contributed by atoms with Crippen LogP contribution in [0.1, 0.15) is 19.2 Å². The van der Waals surface area contributed by atoms with Crippen LogP contribution in [0.3, 0.4) is 0 Å². The molecule has 8 heteroatoms. The van der Waals surface area contributed by atoms with Crippen molar-refractivity contribution in [2.75, 3.05) is 12.3 Å². The molecule has 2 aromatic rings. The van der Waals surface area contributed by atoms with E-state index >= 15 is 0 Å². The summed E-state index contributed by atoms with van der Waals surface area (Å²) in [6.45, 7) is 2.53. The molecule has 0 spiro atoms. The standard InChI is InChI=1S/C14H16ClN3O3S/c1-2-7-16-12(19)8-22(20)9-13-17-14(18-21-13)10-3-5-11(15)6-4-10/h3-6H,2,7-9H2,1H3,(H,16,19)/t22-/m1/s1. The fraction of sp³-hybridized carbons (Fsp3) is 0.357. The van der Waals surface area contributed by atoms with Gasteiger partial charge in [-0.05, 0) is 30.7 Å². The number of halogens is 1. The number of benzene rings is 1. The Labute approximate surface area is 135 Å². The summed E-state index contributed by atoms with van der Waals surface area (Å²) in [7, 11) is -1.38. The number of carbonyl (C=O) groups excluding carboxylic acids is 1. The summed E-state index contributed by atoms with van der Waals surface area (Å²) in [5.74, 6) is 0.391. The van der Waals surface area contributed by atoms with Crippen LogP contribution >= 0.6 is 11.6 Å². The van der Waals surface area contributed by atoms with Gasteiger partial charge in [0, 0.05) is 27.9 Å². The molecule has 0 aliphatic rings. The molecule has 1 N–H and O–H groups in total. The van der Waals surface area contributed by atoms with Gasteiger partial charge in [-0.15, -0.1) is 0 Å². The summed E-state index contributed by atoms with van der Waals surface area (Å²) in [5.41, 5.74) is 0.755. The lowest BCUT2D eigenvalue weighted by Gasteiger charge is -2.01. The van der Waals surface area contributed by atoms with E-state index < -0.39 is 10.8 Å². The normalized spacial score (nSPS) is 12.1. The molecule has 0 aliphatic carbocycles. The quantitative estimate of drug-likeness (QED) is 0.834. The average molecular weight is 342 g/mol. The maximum absolute atomic E-state index is 11.9. The minimum atomic E-state index is -1.38. The summed E-state index contributed by atoms with van der Waals surface area (Å²) in [6.07, 6.45) is 0.840. The molecule has 118 valence electrons. The van der Waals surface area contributed by atoms with Gasteiger partial charge in [-0.2, -0.15) is 4.98 Å². The number of carbonyl (C=O) groups is 1. The second kappa shape index (κ2) is 8.05. The van der Waals surface area contributed by atoms with Crippen molar-refractivity contribution in [3.63, 3.8) is 0 Å². The van der Waals surface area contributed by atoms with Gasteiger partial charge in [0.1, 0.15) is 11.5 Å². The zero-order chi connectivity index (χ0) is 15.9. The van der Waals surface area contributed by atoms with Gasteiger partial charge in [0.25, 0.3) is 0 Å². The number of amides is 1. The van der Waals surface area contributed by atoms with E-state index in [0.717, 1.165) is 12.0 Å². The second-order valence-corrected chi connectivity index (χ2v) is 6.49. The predicted molar refractivity (Wildman–Crippen MR) is 84.8 cm³/mol. The zero-order valence-electron chi connectivity index (χ0n) is 12.0. The van der Waals surface area contributed by atoms with Gasteiger partial charge in [-0.3, -0.25) is 9.00 Å². The summed E-state index contributed by atoms with van der Waals surface area (Å²) in [5, 5.41) is 7.13. The van der Waals surface area contributed by atoms with E-state index in [4.69, 9.17) is 16.1 Å². The summed E-state index contributed by atoms with van der Waals surface area (Å²) < 4.78 is 16.9. The van der Waals surface area contributed by atoms with Crippen LogP contribution in [0.25, 0.3) is 11.4 Å². The Morgan fingerprint density at radius 1 is 1.36 bits per heavy atom. The van der Waals surface area contributed by atoms with Gasteiger partial charge < -0.3 is 9.84 Å². The van der Waals surface area contributed by atoms with Crippen molar-refractivity contribution in [2.45, 2.75) is 19.1 Å². The number of nitrogens with zero attached hydrogens (tertiary/aromatic N) is 2. The Kier molecular flexibility index (Phi) is 6.09. The maximum Gasteiger partial charge on any atom is 0.239 e. The second-order valence-electron chi connectivity index (χ2n) is 4.60. The Hall–Kier alpha value is -1.73. The molecule has 2 rings (SSSR count). The Morgan fingerprint density at radius 2 is 2.09 bits per heavy atom. The highest BCUT2D eigenvalue weighted by Crippen LogP contribution is 2.18. The first-order chi connectivity index (χ1) is 10.6. The minimum Gasteiger partial charge on any atom is -0.355 e. The molecule has 1 atom stereocenters. The number of aromatic nitrogens is 2. The van der Waals surface area contributed by atoms with E-state index in [0.29, 0.717) is 17.4 Å². The molecule has 0 saturated heterocycles. The Morgan fingerprint density at radius 3 is 2.77 bits per heavy atom. The van der Waals surface area contributed by atoms with Crippen LogP contribution in [0, 0.1) is 0 Å². The summed E-state index contributed by atoms with van der Waals surface area (Å²) >= 11 is 5.82. The van der Waals surface area contributed by atoms with E-state index in [1.54, 1.807) is 24.3 Å². The Bertz CT molecular complexity index is 658. The van der Waals surface area contributed by atoms with Crippen LogP contribution in [0.4, 0.5) is 0 Å². The molecular formula is C14H16ClN3O3S. The fourth-order valence-electron chi connectivity index (χ4n) is 1.68. The maximum atomic E-state index is 11.9. The van der Waals surface area contributed by atoms with E-state index in [-0.39, 0.29) is 23.3 Å². The highest BCUT2D eigenvalue weighted by molar-refractivity contribution is 7.84. The number of hydrogen-bond acceptors (Lipinski definition) is 5. The molecule has 1 heterocycles. The fourth-order valence-corrected chi connectivity index (χ4v) is 2.70. The van der Waals surface area contributed by atoms with Gasteiger partial charge in [0.05, 0.1) is 0 Å². The van der Waals surface area contributed by atoms with Gasteiger partial charge in [0.15, 0.2) is 0 Å². The van der Waals surface area contributed by atoms with Crippen LogP contribution in [0.5, 0.6) is 0 Å². The van der Waals surface area contributed by atoms with Gasteiger partial charge >= 0.3 is 0 Å². The SMILES string of the molecule is CCCNC(=O)C[S@@](=O)Cc1nc(-c2ccc(Cl)cc2)no1. The van der Waals surface area contributed by atoms with Gasteiger partial charge in [-0.25, -0.2) is 0 Å². The van der Waals surface area contributed by atoms with E-state index in [9.17, 15) is 9.00 Å². The first-order valence-electron chi connectivity index (χ1n) is 6.78. The number of nitrogens with one attached hydrogen (secondary N) is 1. The molecular weight excluding hydrogens is 326 g/mol. The van der Waals surface area contributed by atoms with E-state index in [1.807, 2.05) is 6.92 Å². The first kappa shape index (κ1) is 16.6. The third kappa shape index (κ3) is 4.92. The molecule has 0 unspecified atom stereocenters. The third-order valence-corrected chi connectivity index (χ3v) is 4.12. The van der Waals surface area contributed by atoms with Crippen LogP contribution < -0.4 is 5.32 Å². The zero-order valence-corrected chi connectivity index (χ0v) is 13.6. The largest absolute Gasteiger partial charge is 0.355 e. The highest BCUT2D eigenvalue weighted by atomic mass is 35.5. The smallest absolute Gasteiger partial charge is 0.239 e. The first-order valence-corrected chi connectivity index (χ1v) is 8.65. The van der Waals surface area contributed by atoms with Crippen molar-refractivity contribution < 1.29 is 13.5 Å². The monoisotopic (exact) mass is 341 g/mol. The Balaban J connectivity index is 1.93. The molecule has 0 radical (unpaired) electrons. The molecule has 1 aromatic heterocycles. The third-order valence-electron chi connectivity index (χ3n) is 2.72. The topological polar surface area (TPSA) is 85.1 Å². The lowest BCUT2D eigenvalue weighted by Crippen LogP contribution is -2.29. The molecule has 0 saturated carbocycles. The van der Waals surface area contributed by atoms with Gasteiger partial charge in [-0.1, -0.05) is 23.7 Å². The van der Waals surface area contributed by atoms with Gasteiger partial charge in [0.2, 0.25) is 17.6 Å². The molecule has 6 nitrogen and oxygen atoms in total. The van der Waals surface area contributed by atoms with Crippen molar-refractivity contribution in [1.29, 1.82) is 0 Å². The predicted octanol–water partition coefficient (Wildman–Crippen LogP) is 2.16. The van der Waals surface area contributed by atoms with Crippen molar-refractivity contribution in [2.24, 2.45) is 0 Å². The van der Waals surface area contributed by atoms with E-state index in [2.05, 4.69) is 15.5 Å². The lowest BCUT2D eigenvalue weighted by atomic mass is 10.2. The summed E-state index contributed by atoms with van der Waals surface area (Å²) in [6, 6.07) is 6.99. The van der Waals surface area contributed by atoms with Crippen molar-refractivity contribution >= 4 is 28.3 Å². The number of rotatable bonds is 7. The lowest BCUT2D eigenvalue weighted by molar-refractivity contribution is -0.118. The molecule has 1 amide bonds. The molecule has 1 aromatic carbocycles. The molecule has 0 bridgehead atoms. The van der Waals surface area contributed by atoms with Crippen LogP contribution in [0.15, 0.2) is 28.8 Å². The van der Waals surface area contributed by atoms with Crippen LogP contribution in [-0.2, 0) is 21.3 Å². The summed E-state index contributed by atoms with van der Waals surface area (Å²) in [4.78, 5) is 15.7. The van der Waals surface area contributed by atoms with Crippen molar-refractivity contribution in [3.8, 4) is 11.4 Å². The number of hydrogen-bond donors (Lipinski definition) is 1. The average Bonchev–Trinajstić information content (AvgIpc) is 2.94. The van der Waals surface area contributed by atoms with Crippen molar-refractivity contribution in [1.82, 2.24) is 15.5 Å². The highest BCUT2D eigenvalue weighted by Gasteiger charge is 2.14. The molecule has 0 fully saturated rings.